The van der Waals surface area contributed by atoms with E-state index in [1.807, 2.05) is 32.0 Å². The van der Waals surface area contributed by atoms with Gasteiger partial charge < -0.3 is 10.6 Å². The molecule has 0 saturated carbocycles. The number of benzene rings is 2. The molecule has 7 heteroatoms. The quantitative estimate of drug-likeness (QED) is 0.371. The first-order valence-electron chi connectivity index (χ1n) is 10.2. The number of nitro groups is 1. The van der Waals surface area contributed by atoms with Crippen molar-refractivity contribution in [2.75, 3.05) is 5.32 Å². The highest BCUT2D eigenvalue weighted by atomic mass is 35.5. The van der Waals surface area contributed by atoms with Gasteiger partial charge in [-0.25, -0.2) is 0 Å². The van der Waals surface area contributed by atoms with Crippen LogP contribution in [0.25, 0.3) is 0 Å². The van der Waals surface area contributed by atoms with Crippen molar-refractivity contribution in [2.24, 2.45) is 5.92 Å². The number of hydrogen-bond acceptors (Lipinski definition) is 4. The highest BCUT2D eigenvalue weighted by Crippen LogP contribution is 2.51. The van der Waals surface area contributed by atoms with Gasteiger partial charge in [0.25, 0.3) is 11.6 Å². The number of non-ortho nitro benzene ring substituents is 1. The van der Waals surface area contributed by atoms with Crippen LogP contribution in [0, 0.1) is 16.0 Å². The number of fused-ring (bicyclic) bond motifs is 3. The molecule has 1 heterocycles. The SMILES string of the molecule is CCC(C)NC(=O)c1ccc2c(c1)C1C=CCC1C(c1cc([N+](=O)[O-])ccc1Cl)N2. The van der Waals surface area contributed by atoms with E-state index in [4.69, 9.17) is 11.6 Å². The maximum absolute atomic E-state index is 12.6. The van der Waals surface area contributed by atoms with E-state index >= 15 is 0 Å². The fraction of sp³-hybridized carbons (Fsp3) is 0.348. The summed E-state index contributed by atoms with van der Waals surface area (Å²) < 4.78 is 0. The van der Waals surface area contributed by atoms with Crippen molar-refractivity contribution >= 4 is 28.9 Å². The fourth-order valence-corrected chi connectivity index (χ4v) is 4.57. The molecule has 2 aromatic rings. The van der Waals surface area contributed by atoms with Crippen LogP contribution in [0.3, 0.4) is 0 Å². The second-order valence-corrected chi connectivity index (χ2v) is 8.43. The van der Waals surface area contributed by atoms with E-state index in [1.54, 1.807) is 12.1 Å². The molecule has 1 aliphatic heterocycles. The maximum Gasteiger partial charge on any atom is 0.269 e. The normalized spacial score (nSPS) is 22.6. The number of carbonyl (C=O) groups excluding carboxylic acids is 1. The first-order chi connectivity index (χ1) is 14.4. The molecule has 2 N–H and O–H groups in total. The molecule has 0 radical (unpaired) electrons. The Balaban J connectivity index is 1.70. The lowest BCUT2D eigenvalue weighted by Crippen LogP contribution is -2.33. The van der Waals surface area contributed by atoms with Crippen LogP contribution in [0.4, 0.5) is 11.4 Å². The molecule has 156 valence electrons. The summed E-state index contributed by atoms with van der Waals surface area (Å²) >= 11 is 6.44. The monoisotopic (exact) mass is 425 g/mol. The van der Waals surface area contributed by atoms with Crippen LogP contribution < -0.4 is 10.6 Å². The Bertz CT molecular complexity index is 1040. The molecule has 2 aliphatic rings. The lowest BCUT2D eigenvalue weighted by Gasteiger charge is -2.38. The van der Waals surface area contributed by atoms with Crippen molar-refractivity contribution in [3.63, 3.8) is 0 Å². The van der Waals surface area contributed by atoms with E-state index in [1.165, 1.54) is 6.07 Å². The van der Waals surface area contributed by atoms with Crippen molar-refractivity contribution in [1.29, 1.82) is 0 Å². The number of rotatable bonds is 5. The van der Waals surface area contributed by atoms with E-state index < -0.39 is 4.92 Å². The van der Waals surface area contributed by atoms with E-state index in [2.05, 4.69) is 22.8 Å². The van der Waals surface area contributed by atoms with Crippen LogP contribution in [0.5, 0.6) is 0 Å². The maximum atomic E-state index is 12.6. The van der Waals surface area contributed by atoms with Gasteiger partial charge in [-0.15, -0.1) is 0 Å². The molecule has 6 nitrogen and oxygen atoms in total. The Hall–Kier alpha value is -2.86. The summed E-state index contributed by atoms with van der Waals surface area (Å²) in [5.41, 5.74) is 3.40. The summed E-state index contributed by atoms with van der Waals surface area (Å²) in [6.07, 6.45) is 6.01. The summed E-state index contributed by atoms with van der Waals surface area (Å²) in [5.74, 6) is 0.220. The zero-order chi connectivity index (χ0) is 21.4. The smallest absolute Gasteiger partial charge is 0.269 e. The fourth-order valence-electron chi connectivity index (χ4n) is 4.34. The van der Waals surface area contributed by atoms with Crippen molar-refractivity contribution in [3.05, 3.63) is 80.4 Å². The number of allylic oxidation sites excluding steroid dienone is 2. The van der Waals surface area contributed by atoms with Gasteiger partial charge >= 0.3 is 0 Å². The Morgan fingerprint density at radius 3 is 2.83 bits per heavy atom. The molecular formula is C23H24ClN3O3. The van der Waals surface area contributed by atoms with Crippen molar-refractivity contribution < 1.29 is 9.72 Å². The molecular weight excluding hydrogens is 402 g/mol. The number of nitro benzene ring substituents is 1. The third kappa shape index (κ3) is 3.67. The second kappa shape index (κ2) is 8.11. The van der Waals surface area contributed by atoms with Crippen molar-refractivity contribution in [3.8, 4) is 0 Å². The summed E-state index contributed by atoms with van der Waals surface area (Å²) in [4.78, 5) is 23.5. The van der Waals surface area contributed by atoms with Gasteiger partial charge in [0, 0.05) is 45.9 Å². The Morgan fingerprint density at radius 2 is 2.10 bits per heavy atom. The topological polar surface area (TPSA) is 84.3 Å². The van der Waals surface area contributed by atoms with Gasteiger partial charge in [-0.2, -0.15) is 0 Å². The van der Waals surface area contributed by atoms with Crippen LogP contribution in [0.15, 0.2) is 48.6 Å². The minimum Gasteiger partial charge on any atom is -0.378 e. The number of halogens is 1. The number of amides is 1. The zero-order valence-corrected chi connectivity index (χ0v) is 17.6. The zero-order valence-electron chi connectivity index (χ0n) is 16.9. The van der Waals surface area contributed by atoms with Crippen LogP contribution in [-0.2, 0) is 0 Å². The molecule has 0 aromatic heterocycles. The number of nitrogens with zero attached hydrogens (tertiary/aromatic N) is 1. The molecule has 1 aliphatic carbocycles. The third-order valence-electron chi connectivity index (χ3n) is 6.14. The molecule has 4 atom stereocenters. The first kappa shape index (κ1) is 20.4. The number of carbonyl (C=O) groups is 1. The molecule has 0 bridgehead atoms. The lowest BCUT2D eigenvalue weighted by atomic mass is 9.76. The van der Waals surface area contributed by atoms with E-state index in [-0.39, 0.29) is 35.5 Å². The summed E-state index contributed by atoms with van der Waals surface area (Å²) in [5, 5.41) is 18.3. The Labute approximate surface area is 180 Å². The standard InChI is InChI=1S/C23H24ClN3O3/c1-3-13(2)25-23(28)14-7-10-21-18(11-14)16-5-4-6-17(16)22(26-21)19-12-15(27(29)30)8-9-20(19)24/h4-5,7-13,16-17,22,26H,3,6H2,1-2H3,(H,25,28). The molecule has 0 fully saturated rings. The number of hydrogen-bond donors (Lipinski definition) is 2. The van der Waals surface area contributed by atoms with Crippen LogP contribution >= 0.6 is 11.6 Å². The molecule has 0 spiro atoms. The summed E-state index contributed by atoms with van der Waals surface area (Å²) in [7, 11) is 0. The average Bonchev–Trinajstić information content (AvgIpc) is 3.23. The highest BCUT2D eigenvalue weighted by Gasteiger charge is 2.39. The predicted octanol–water partition coefficient (Wildman–Crippen LogP) is 5.60. The summed E-state index contributed by atoms with van der Waals surface area (Å²) in [6.45, 7) is 4.02. The van der Waals surface area contributed by atoms with Gasteiger partial charge in [0.2, 0.25) is 0 Å². The largest absolute Gasteiger partial charge is 0.378 e. The van der Waals surface area contributed by atoms with Crippen LogP contribution in [0.1, 0.15) is 60.1 Å². The van der Waals surface area contributed by atoms with Gasteiger partial charge in [-0.1, -0.05) is 30.7 Å². The second-order valence-electron chi connectivity index (χ2n) is 8.02. The average molecular weight is 426 g/mol. The molecule has 30 heavy (non-hydrogen) atoms. The Morgan fingerprint density at radius 1 is 1.30 bits per heavy atom. The van der Waals surface area contributed by atoms with Gasteiger partial charge in [-0.3, -0.25) is 14.9 Å². The first-order valence-corrected chi connectivity index (χ1v) is 10.6. The van der Waals surface area contributed by atoms with Gasteiger partial charge in [0.15, 0.2) is 0 Å². The molecule has 2 aromatic carbocycles. The summed E-state index contributed by atoms with van der Waals surface area (Å²) in [6, 6.07) is 10.2. The highest BCUT2D eigenvalue weighted by molar-refractivity contribution is 6.31. The predicted molar refractivity (Wildman–Crippen MR) is 118 cm³/mol. The molecule has 0 saturated heterocycles. The van der Waals surface area contributed by atoms with E-state index in [0.29, 0.717) is 10.6 Å². The molecule has 4 rings (SSSR count). The molecule has 1 amide bonds. The van der Waals surface area contributed by atoms with Crippen molar-refractivity contribution in [2.45, 2.75) is 44.7 Å². The van der Waals surface area contributed by atoms with Crippen LogP contribution in [0.2, 0.25) is 5.02 Å². The van der Waals surface area contributed by atoms with E-state index in [9.17, 15) is 14.9 Å². The lowest BCUT2D eigenvalue weighted by molar-refractivity contribution is -0.384. The van der Waals surface area contributed by atoms with Gasteiger partial charge in [-0.05, 0) is 55.5 Å². The minimum absolute atomic E-state index is 0.0292. The number of nitrogens with one attached hydrogen (secondary N) is 2. The number of anilines is 1. The third-order valence-corrected chi connectivity index (χ3v) is 6.48. The molecule has 4 unspecified atom stereocenters. The van der Waals surface area contributed by atoms with Gasteiger partial charge in [0.05, 0.1) is 11.0 Å². The Kier molecular flexibility index (Phi) is 5.52. The van der Waals surface area contributed by atoms with Crippen molar-refractivity contribution in [1.82, 2.24) is 5.32 Å². The minimum atomic E-state index is -0.400. The van der Waals surface area contributed by atoms with Crippen LogP contribution in [-0.4, -0.2) is 16.9 Å². The van der Waals surface area contributed by atoms with E-state index in [0.717, 1.165) is 29.7 Å². The van der Waals surface area contributed by atoms with Gasteiger partial charge in [0.1, 0.15) is 0 Å².